The van der Waals surface area contributed by atoms with E-state index in [1.54, 1.807) is 18.5 Å². The first-order valence-electron chi connectivity index (χ1n) is 7.97. The van der Waals surface area contributed by atoms with Gasteiger partial charge in [0.05, 0.1) is 27.2 Å². The lowest BCUT2D eigenvalue weighted by Crippen LogP contribution is -2.13. The highest BCUT2D eigenvalue weighted by Crippen LogP contribution is 2.31. The molecular formula is C19H15FN4OS. The molecule has 1 amide bonds. The smallest absolute Gasteiger partial charge is 0.275 e. The van der Waals surface area contributed by atoms with E-state index in [4.69, 9.17) is 0 Å². The van der Waals surface area contributed by atoms with E-state index >= 15 is 0 Å². The summed E-state index contributed by atoms with van der Waals surface area (Å²) in [5, 5.41) is 3.65. The van der Waals surface area contributed by atoms with Crippen LogP contribution in [0.2, 0.25) is 0 Å². The number of thiazole rings is 1. The van der Waals surface area contributed by atoms with Crippen molar-refractivity contribution < 1.29 is 9.18 Å². The minimum absolute atomic E-state index is 0.302. The summed E-state index contributed by atoms with van der Waals surface area (Å²) in [5.74, 6) is -0.617. The maximum Gasteiger partial charge on any atom is 0.275 e. The monoisotopic (exact) mass is 366 g/mol. The van der Waals surface area contributed by atoms with Gasteiger partial charge in [-0.3, -0.25) is 4.79 Å². The van der Waals surface area contributed by atoms with E-state index in [2.05, 4.69) is 15.3 Å². The maximum atomic E-state index is 13.2. The first-order valence-corrected chi connectivity index (χ1v) is 8.79. The molecule has 0 saturated carbocycles. The van der Waals surface area contributed by atoms with Gasteiger partial charge in [-0.05, 0) is 42.8 Å². The number of nitrogens with one attached hydrogen (secondary N) is 1. The van der Waals surface area contributed by atoms with Crippen LogP contribution in [0.5, 0.6) is 0 Å². The number of hydrogen-bond donors (Lipinski definition) is 1. The summed E-state index contributed by atoms with van der Waals surface area (Å²) in [6, 6.07) is 11.6. The summed E-state index contributed by atoms with van der Waals surface area (Å²) in [5.41, 5.74) is 3.54. The van der Waals surface area contributed by atoms with Gasteiger partial charge in [-0.2, -0.15) is 0 Å². The van der Waals surface area contributed by atoms with Crippen LogP contribution < -0.4 is 5.32 Å². The zero-order chi connectivity index (χ0) is 18.3. The second kappa shape index (κ2) is 6.34. The summed E-state index contributed by atoms with van der Waals surface area (Å²) < 4.78 is 15.1. The molecule has 0 unspecified atom stereocenters. The van der Waals surface area contributed by atoms with E-state index < -0.39 is 0 Å². The fourth-order valence-corrected chi connectivity index (χ4v) is 3.70. The Bertz CT molecular complexity index is 1110. The lowest BCUT2D eigenvalue weighted by molar-refractivity contribution is 0.102. The first kappa shape index (κ1) is 16.4. The van der Waals surface area contributed by atoms with Gasteiger partial charge in [-0.15, -0.1) is 11.3 Å². The molecule has 4 aromatic rings. The Morgan fingerprint density at radius 2 is 1.96 bits per heavy atom. The highest BCUT2D eigenvalue weighted by atomic mass is 32.1. The van der Waals surface area contributed by atoms with Gasteiger partial charge in [0.2, 0.25) is 0 Å². The standard InChI is InChI=1S/C19H15FN4OS/c1-11-22-17(18(26-11)12-3-5-13(20)6-4-12)19(25)23-14-7-8-16-15(9-14)21-10-24(16)2/h3-10H,1-2H3,(H,23,25). The second-order valence-electron chi connectivity index (χ2n) is 5.93. The summed E-state index contributed by atoms with van der Waals surface area (Å²) >= 11 is 1.41. The zero-order valence-electron chi connectivity index (χ0n) is 14.2. The number of benzene rings is 2. The second-order valence-corrected chi connectivity index (χ2v) is 7.13. The Labute approximate surface area is 153 Å². The SMILES string of the molecule is Cc1nc(C(=O)Nc2ccc3c(c2)ncn3C)c(-c2ccc(F)cc2)s1. The Hall–Kier alpha value is -3.06. The number of anilines is 1. The molecule has 0 atom stereocenters. The van der Waals surface area contributed by atoms with Crippen LogP contribution in [0.1, 0.15) is 15.5 Å². The van der Waals surface area contributed by atoms with Crippen molar-refractivity contribution in [3.05, 3.63) is 65.3 Å². The largest absolute Gasteiger partial charge is 0.334 e. The predicted molar refractivity (Wildman–Crippen MR) is 101 cm³/mol. The number of aromatic nitrogens is 3. The highest BCUT2D eigenvalue weighted by Gasteiger charge is 2.19. The van der Waals surface area contributed by atoms with Crippen LogP contribution in [0.15, 0.2) is 48.8 Å². The van der Waals surface area contributed by atoms with Crippen molar-refractivity contribution in [2.45, 2.75) is 6.92 Å². The normalized spacial score (nSPS) is 11.0. The molecule has 0 radical (unpaired) electrons. The number of amides is 1. The number of carbonyl (C=O) groups excluding carboxylic acids is 1. The minimum Gasteiger partial charge on any atom is -0.334 e. The first-order chi connectivity index (χ1) is 12.5. The summed E-state index contributed by atoms with van der Waals surface area (Å²) in [4.78, 5) is 22.1. The van der Waals surface area contributed by atoms with Crippen LogP contribution >= 0.6 is 11.3 Å². The van der Waals surface area contributed by atoms with Crippen LogP contribution in [0.25, 0.3) is 21.5 Å². The molecule has 0 spiro atoms. The average Bonchev–Trinajstić information content (AvgIpc) is 3.19. The Kier molecular flexibility index (Phi) is 4.00. The summed E-state index contributed by atoms with van der Waals surface area (Å²) in [6.07, 6.45) is 1.73. The third-order valence-electron chi connectivity index (χ3n) is 4.04. The maximum absolute atomic E-state index is 13.2. The van der Waals surface area contributed by atoms with Gasteiger partial charge in [-0.25, -0.2) is 14.4 Å². The molecule has 0 aliphatic carbocycles. The number of aryl methyl sites for hydroxylation is 2. The molecule has 2 heterocycles. The molecule has 2 aromatic carbocycles. The molecule has 1 N–H and O–H groups in total. The van der Waals surface area contributed by atoms with Crippen molar-refractivity contribution in [3.8, 4) is 10.4 Å². The summed E-state index contributed by atoms with van der Waals surface area (Å²) in [6.45, 7) is 1.84. The highest BCUT2D eigenvalue weighted by molar-refractivity contribution is 7.15. The van der Waals surface area contributed by atoms with Crippen molar-refractivity contribution in [3.63, 3.8) is 0 Å². The van der Waals surface area contributed by atoms with E-state index in [0.29, 0.717) is 11.4 Å². The van der Waals surface area contributed by atoms with E-state index in [1.807, 2.05) is 36.7 Å². The Morgan fingerprint density at radius 3 is 2.73 bits per heavy atom. The van der Waals surface area contributed by atoms with Gasteiger partial charge in [0, 0.05) is 12.7 Å². The van der Waals surface area contributed by atoms with Gasteiger partial charge in [0.1, 0.15) is 11.5 Å². The van der Waals surface area contributed by atoms with Gasteiger partial charge in [0.15, 0.2) is 0 Å². The van der Waals surface area contributed by atoms with Crippen molar-refractivity contribution >= 4 is 34.0 Å². The fraction of sp³-hybridized carbons (Fsp3) is 0.105. The molecular weight excluding hydrogens is 351 g/mol. The molecule has 2 aromatic heterocycles. The third-order valence-corrected chi connectivity index (χ3v) is 5.06. The lowest BCUT2D eigenvalue weighted by Gasteiger charge is -2.06. The number of fused-ring (bicyclic) bond motifs is 1. The van der Waals surface area contributed by atoms with Gasteiger partial charge >= 0.3 is 0 Å². The summed E-state index contributed by atoms with van der Waals surface area (Å²) in [7, 11) is 1.92. The Balaban J connectivity index is 1.66. The quantitative estimate of drug-likeness (QED) is 0.585. The van der Waals surface area contributed by atoms with Crippen LogP contribution in [0, 0.1) is 12.7 Å². The average molecular weight is 366 g/mol. The van der Waals surface area contributed by atoms with Crippen LogP contribution in [0.3, 0.4) is 0 Å². The van der Waals surface area contributed by atoms with Gasteiger partial charge < -0.3 is 9.88 Å². The van der Waals surface area contributed by atoms with E-state index in [9.17, 15) is 9.18 Å². The van der Waals surface area contributed by atoms with Crippen molar-refractivity contribution in [1.29, 1.82) is 0 Å². The number of nitrogens with zero attached hydrogens (tertiary/aromatic N) is 3. The molecule has 0 fully saturated rings. The van der Waals surface area contributed by atoms with Crippen LogP contribution in [-0.4, -0.2) is 20.4 Å². The van der Waals surface area contributed by atoms with Crippen molar-refractivity contribution in [1.82, 2.24) is 14.5 Å². The third kappa shape index (κ3) is 2.97. The number of carbonyl (C=O) groups is 1. The van der Waals surface area contributed by atoms with Crippen molar-refractivity contribution in [2.24, 2.45) is 7.05 Å². The number of hydrogen-bond acceptors (Lipinski definition) is 4. The number of imidazole rings is 1. The molecule has 26 heavy (non-hydrogen) atoms. The van der Waals surface area contributed by atoms with Crippen LogP contribution in [-0.2, 0) is 7.05 Å². The van der Waals surface area contributed by atoms with Crippen molar-refractivity contribution in [2.75, 3.05) is 5.32 Å². The van der Waals surface area contributed by atoms with Gasteiger partial charge in [0.25, 0.3) is 5.91 Å². The fourth-order valence-electron chi connectivity index (χ4n) is 2.78. The molecule has 0 aliphatic heterocycles. The predicted octanol–water partition coefficient (Wildman–Crippen LogP) is 4.40. The van der Waals surface area contributed by atoms with E-state index in [-0.39, 0.29) is 11.7 Å². The molecule has 0 saturated heterocycles. The molecule has 0 bridgehead atoms. The Morgan fingerprint density at radius 1 is 1.19 bits per heavy atom. The van der Waals surface area contributed by atoms with Crippen LogP contribution in [0.4, 0.5) is 10.1 Å². The number of rotatable bonds is 3. The topological polar surface area (TPSA) is 59.8 Å². The van der Waals surface area contributed by atoms with Gasteiger partial charge in [-0.1, -0.05) is 12.1 Å². The molecule has 130 valence electrons. The molecule has 5 nitrogen and oxygen atoms in total. The number of halogens is 1. The molecule has 7 heteroatoms. The molecule has 0 aliphatic rings. The zero-order valence-corrected chi connectivity index (χ0v) is 15.0. The van der Waals surface area contributed by atoms with E-state index in [0.717, 1.165) is 26.5 Å². The lowest BCUT2D eigenvalue weighted by atomic mass is 10.1. The minimum atomic E-state index is -0.315. The van der Waals surface area contributed by atoms with E-state index in [1.165, 1.54) is 23.5 Å². The molecule has 4 rings (SSSR count).